The number of amides is 1. The Bertz CT molecular complexity index is 603. The molecule has 2 unspecified atom stereocenters. The van der Waals surface area contributed by atoms with Crippen LogP contribution < -0.4 is 16.2 Å². The first-order chi connectivity index (χ1) is 10.8. The van der Waals surface area contributed by atoms with Gasteiger partial charge in [0.2, 0.25) is 5.91 Å². The van der Waals surface area contributed by atoms with Gasteiger partial charge in [-0.05, 0) is 30.0 Å². The lowest BCUT2D eigenvalue weighted by atomic mass is 10.0. The summed E-state index contributed by atoms with van der Waals surface area (Å²) in [7, 11) is 0. The zero-order valence-electron chi connectivity index (χ0n) is 12.3. The van der Waals surface area contributed by atoms with Crippen LogP contribution in [0.3, 0.4) is 0 Å². The van der Waals surface area contributed by atoms with E-state index in [2.05, 4.69) is 33.3 Å². The average Bonchev–Trinajstić information content (AvgIpc) is 3.07. The van der Waals surface area contributed by atoms with Crippen LogP contribution >= 0.6 is 0 Å². The number of hydrogen-bond acceptors (Lipinski definition) is 4. The Kier molecular flexibility index (Phi) is 4.78. The average molecular weight is 296 g/mol. The summed E-state index contributed by atoms with van der Waals surface area (Å²) in [6, 6.07) is 14.1. The van der Waals surface area contributed by atoms with Crippen molar-refractivity contribution in [3.05, 3.63) is 66.0 Å². The number of aromatic nitrogens is 1. The van der Waals surface area contributed by atoms with E-state index in [1.807, 2.05) is 36.5 Å². The number of pyridine rings is 1. The molecular formula is C17H20N4O. The molecule has 2 heterocycles. The van der Waals surface area contributed by atoms with E-state index < -0.39 is 0 Å². The Morgan fingerprint density at radius 2 is 2.05 bits per heavy atom. The van der Waals surface area contributed by atoms with Crippen LogP contribution in [0, 0.1) is 0 Å². The first-order valence-corrected chi connectivity index (χ1v) is 7.55. The topological polar surface area (TPSA) is 66.0 Å². The van der Waals surface area contributed by atoms with Crippen molar-refractivity contribution in [2.45, 2.75) is 24.9 Å². The van der Waals surface area contributed by atoms with Gasteiger partial charge < -0.3 is 5.32 Å². The fourth-order valence-corrected chi connectivity index (χ4v) is 2.63. The minimum Gasteiger partial charge on any atom is -0.354 e. The summed E-state index contributed by atoms with van der Waals surface area (Å²) in [5, 5.41) is 2.98. The standard InChI is InChI=1S/C17H20N4O/c22-17(19-10-8-13-5-4-9-18-12-13)16-11-15(20-21-16)14-6-2-1-3-7-14/h1-7,9,12,15-16,20-21H,8,10-11H2,(H,19,22). The van der Waals surface area contributed by atoms with E-state index in [1.165, 1.54) is 5.56 Å². The molecule has 0 bridgehead atoms. The minimum absolute atomic E-state index is 0.0369. The van der Waals surface area contributed by atoms with Crippen molar-refractivity contribution in [3.63, 3.8) is 0 Å². The van der Waals surface area contributed by atoms with Crippen LogP contribution in [0.2, 0.25) is 0 Å². The van der Waals surface area contributed by atoms with Crippen molar-refractivity contribution in [3.8, 4) is 0 Å². The number of hydrogen-bond donors (Lipinski definition) is 3. The lowest BCUT2D eigenvalue weighted by Crippen LogP contribution is -2.43. The number of carbonyl (C=O) groups excluding carboxylic acids is 1. The fourth-order valence-electron chi connectivity index (χ4n) is 2.63. The summed E-state index contributed by atoms with van der Waals surface area (Å²) >= 11 is 0. The lowest BCUT2D eigenvalue weighted by Gasteiger charge is -2.10. The molecule has 3 rings (SSSR count). The second kappa shape index (κ2) is 7.15. The van der Waals surface area contributed by atoms with Crippen molar-refractivity contribution >= 4 is 5.91 Å². The Hall–Kier alpha value is -2.24. The van der Waals surface area contributed by atoms with E-state index in [4.69, 9.17) is 0 Å². The monoisotopic (exact) mass is 296 g/mol. The van der Waals surface area contributed by atoms with Gasteiger partial charge in [-0.1, -0.05) is 36.4 Å². The summed E-state index contributed by atoms with van der Waals surface area (Å²) in [5.41, 5.74) is 8.59. The van der Waals surface area contributed by atoms with E-state index in [0.29, 0.717) is 6.54 Å². The Morgan fingerprint density at radius 3 is 2.82 bits per heavy atom. The van der Waals surface area contributed by atoms with Crippen LogP contribution in [0.1, 0.15) is 23.6 Å². The van der Waals surface area contributed by atoms with Crippen LogP contribution in [0.5, 0.6) is 0 Å². The third-order valence-corrected chi connectivity index (χ3v) is 3.86. The van der Waals surface area contributed by atoms with Crippen LogP contribution in [0.25, 0.3) is 0 Å². The van der Waals surface area contributed by atoms with Crippen LogP contribution in [0.4, 0.5) is 0 Å². The minimum atomic E-state index is -0.195. The molecule has 1 fully saturated rings. The van der Waals surface area contributed by atoms with Gasteiger partial charge in [-0.15, -0.1) is 0 Å². The molecule has 0 aliphatic carbocycles. The van der Waals surface area contributed by atoms with Crippen molar-refractivity contribution in [2.24, 2.45) is 0 Å². The van der Waals surface area contributed by atoms with E-state index in [0.717, 1.165) is 18.4 Å². The highest BCUT2D eigenvalue weighted by Crippen LogP contribution is 2.21. The molecule has 0 spiro atoms. The molecule has 1 amide bonds. The number of hydrazine groups is 1. The van der Waals surface area contributed by atoms with E-state index in [-0.39, 0.29) is 18.0 Å². The molecule has 3 N–H and O–H groups in total. The molecule has 1 aromatic carbocycles. The molecule has 2 atom stereocenters. The van der Waals surface area contributed by atoms with E-state index >= 15 is 0 Å². The van der Waals surface area contributed by atoms with Gasteiger partial charge in [0.25, 0.3) is 0 Å². The van der Waals surface area contributed by atoms with Crippen molar-refractivity contribution in [2.75, 3.05) is 6.54 Å². The molecule has 0 saturated carbocycles. The first-order valence-electron chi connectivity index (χ1n) is 7.55. The smallest absolute Gasteiger partial charge is 0.238 e. The fraction of sp³-hybridized carbons (Fsp3) is 0.294. The number of carbonyl (C=O) groups is 1. The Morgan fingerprint density at radius 1 is 1.18 bits per heavy atom. The van der Waals surface area contributed by atoms with Gasteiger partial charge in [-0.25, -0.2) is 10.9 Å². The largest absolute Gasteiger partial charge is 0.354 e. The molecule has 1 aromatic heterocycles. The maximum atomic E-state index is 12.2. The van der Waals surface area contributed by atoms with Crippen LogP contribution in [0.15, 0.2) is 54.9 Å². The second-order valence-electron chi connectivity index (χ2n) is 5.44. The van der Waals surface area contributed by atoms with Gasteiger partial charge in [0.15, 0.2) is 0 Å². The molecule has 0 radical (unpaired) electrons. The second-order valence-corrected chi connectivity index (χ2v) is 5.44. The van der Waals surface area contributed by atoms with Crippen molar-refractivity contribution in [1.82, 2.24) is 21.2 Å². The van der Waals surface area contributed by atoms with Gasteiger partial charge >= 0.3 is 0 Å². The van der Waals surface area contributed by atoms with Crippen molar-refractivity contribution < 1.29 is 4.79 Å². The number of rotatable bonds is 5. The molecular weight excluding hydrogens is 276 g/mol. The Labute approximate surface area is 130 Å². The predicted molar refractivity (Wildman–Crippen MR) is 84.8 cm³/mol. The quantitative estimate of drug-likeness (QED) is 0.779. The third kappa shape index (κ3) is 3.69. The maximum absolute atomic E-state index is 12.2. The molecule has 1 aliphatic rings. The molecule has 5 heteroatoms. The van der Waals surface area contributed by atoms with Gasteiger partial charge in [-0.2, -0.15) is 0 Å². The molecule has 2 aromatic rings. The van der Waals surface area contributed by atoms with Gasteiger partial charge in [0, 0.05) is 25.0 Å². The third-order valence-electron chi connectivity index (χ3n) is 3.86. The summed E-state index contributed by atoms with van der Waals surface area (Å²) in [5.74, 6) is 0.0369. The highest BCUT2D eigenvalue weighted by molar-refractivity contribution is 5.82. The number of nitrogens with one attached hydrogen (secondary N) is 3. The molecule has 5 nitrogen and oxygen atoms in total. The number of nitrogens with zero attached hydrogens (tertiary/aromatic N) is 1. The normalized spacial score (nSPS) is 20.7. The zero-order valence-corrected chi connectivity index (χ0v) is 12.3. The first kappa shape index (κ1) is 14.7. The SMILES string of the molecule is O=C(NCCc1cccnc1)C1CC(c2ccccc2)NN1. The number of benzene rings is 1. The predicted octanol–water partition coefficient (Wildman–Crippen LogP) is 1.35. The van der Waals surface area contributed by atoms with Gasteiger partial charge in [-0.3, -0.25) is 9.78 Å². The van der Waals surface area contributed by atoms with Crippen LogP contribution in [-0.2, 0) is 11.2 Å². The molecule has 1 saturated heterocycles. The molecule has 22 heavy (non-hydrogen) atoms. The molecule has 1 aliphatic heterocycles. The molecule has 114 valence electrons. The zero-order chi connectivity index (χ0) is 15.2. The summed E-state index contributed by atoms with van der Waals surface area (Å²) < 4.78 is 0. The summed E-state index contributed by atoms with van der Waals surface area (Å²) in [6.07, 6.45) is 5.12. The summed E-state index contributed by atoms with van der Waals surface area (Å²) in [4.78, 5) is 16.3. The Balaban J connectivity index is 1.46. The van der Waals surface area contributed by atoms with Gasteiger partial charge in [0.05, 0.1) is 0 Å². The van der Waals surface area contributed by atoms with Gasteiger partial charge in [0.1, 0.15) is 6.04 Å². The maximum Gasteiger partial charge on any atom is 0.238 e. The van der Waals surface area contributed by atoms with E-state index in [1.54, 1.807) is 6.20 Å². The summed E-state index contributed by atoms with van der Waals surface area (Å²) in [6.45, 7) is 0.624. The highest BCUT2D eigenvalue weighted by atomic mass is 16.2. The van der Waals surface area contributed by atoms with Crippen molar-refractivity contribution in [1.29, 1.82) is 0 Å². The highest BCUT2D eigenvalue weighted by Gasteiger charge is 2.29. The lowest BCUT2D eigenvalue weighted by molar-refractivity contribution is -0.122. The van der Waals surface area contributed by atoms with Crippen LogP contribution in [-0.4, -0.2) is 23.5 Å². The van der Waals surface area contributed by atoms with E-state index in [9.17, 15) is 4.79 Å².